The number of aryl methyl sites for hydroxylation is 1. The molecular formula is C28H38O7S. The fourth-order valence-electron chi connectivity index (χ4n) is 4.36. The highest BCUT2D eigenvalue weighted by atomic mass is 32.2. The van der Waals surface area contributed by atoms with Crippen molar-refractivity contribution in [3.05, 3.63) is 53.6 Å². The number of hydrogen-bond acceptors (Lipinski definition) is 7. The highest BCUT2D eigenvalue weighted by Gasteiger charge is 2.38. The first-order chi connectivity index (χ1) is 17.3. The first-order valence-corrected chi connectivity index (χ1v) is 14.2. The molecule has 0 N–H and O–H groups in total. The van der Waals surface area contributed by atoms with E-state index in [4.69, 9.17) is 18.4 Å². The van der Waals surface area contributed by atoms with Crippen LogP contribution in [-0.2, 0) is 31.9 Å². The van der Waals surface area contributed by atoms with Gasteiger partial charge in [-0.3, -0.25) is 8.98 Å². The monoisotopic (exact) mass is 519 g/mol. The van der Waals surface area contributed by atoms with Crippen LogP contribution in [0.1, 0.15) is 65.9 Å². The quantitative estimate of drug-likeness (QED) is 0.159. The zero-order chi connectivity index (χ0) is 27.3. The molecule has 0 bridgehead atoms. The molecule has 1 aliphatic heterocycles. The first-order valence-electron chi connectivity index (χ1n) is 12.9. The van der Waals surface area contributed by atoms with Crippen LogP contribution in [0.4, 0.5) is 0 Å². The Labute approximate surface area is 216 Å². The topological polar surface area (TPSA) is 88.1 Å². The first kappa shape index (κ1) is 26.5. The summed E-state index contributed by atoms with van der Waals surface area (Å²) >= 11 is 0. The van der Waals surface area contributed by atoms with Gasteiger partial charge < -0.3 is 14.2 Å². The van der Waals surface area contributed by atoms with Crippen molar-refractivity contribution in [2.75, 3.05) is 12.9 Å². The molecule has 0 radical (unpaired) electrons. The van der Waals surface area contributed by atoms with Gasteiger partial charge in [-0.15, -0.1) is 0 Å². The molecule has 0 saturated heterocycles. The molecule has 7 nitrogen and oxygen atoms in total. The third-order valence-electron chi connectivity index (χ3n) is 6.18. The molecule has 198 valence electrons. The summed E-state index contributed by atoms with van der Waals surface area (Å²) in [6.07, 6.45) is 4.71. The van der Waals surface area contributed by atoms with E-state index in [2.05, 4.69) is 12.1 Å². The smallest absolute Gasteiger partial charge is 0.308 e. The third kappa shape index (κ3) is 8.52. The zero-order valence-electron chi connectivity index (χ0n) is 22.8. The second kappa shape index (κ2) is 12.1. The van der Waals surface area contributed by atoms with Crippen LogP contribution in [0.3, 0.4) is 0 Å². The van der Waals surface area contributed by atoms with Crippen LogP contribution in [0.25, 0.3) is 0 Å². The summed E-state index contributed by atoms with van der Waals surface area (Å²) in [6, 6.07) is 13.8. The van der Waals surface area contributed by atoms with Gasteiger partial charge in [-0.2, -0.15) is 8.42 Å². The molecule has 0 aromatic heterocycles. The summed E-state index contributed by atoms with van der Waals surface area (Å²) in [5, 5.41) is 0. The highest BCUT2D eigenvalue weighted by Crippen LogP contribution is 2.45. The lowest BCUT2D eigenvalue weighted by molar-refractivity contribution is -0.132. The van der Waals surface area contributed by atoms with Gasteiger partial charge in [0.25, 0.3) is 10.1 Å². The summed E-state index contributed by atoms with van der Waals surface area (Å²) in [7, 11) is -3.54. The van der Waals surface area contributed by atoms with Crippen LogP contribution in [-0.4, -0.2) is 39.0 Å². The number of hydrogen-bond donors (Lipinski definition) is 0. The molecule has 2 unspecified atom stereocenters. The van der Waals surface area contributed by atoms with E-state index in [1.54, 1.807) is 12.1 Å². The molecule has 0 fully saturated rings. The number of ether oxygens (including phenoxy) is 3. The summed E-state index contributed by atoms with van der Waals surface area (Å²) < 4.78 is 54.6. The van der Waals surface area contributed by atoms with E-state index in [-0.39, 0.29) is 19.1 Å². The van der Waals surface area contributed by atoms with Gasteiger partial charge in [-0.05, 0) is 64.9 Å². The summed E-state index contributed by atoms with van der Waals surface area (Å²) in [6.45, 7) is 7.01. The normalized spacial score (nSPS) is 20.0. The molecule has 0 amide bonds. The van der Waals surface area contributed by atoms with Crippen molar-refractivity contribution in [2.45, 2.75) is 77.9 Å². The van der Waals surface area contributed by atoms with Gasteiger partial charge in [0.15, 0.2) is 0 Å². The van der Waals surface area contributed by atoms with Gasteiger partial charge >= 0.3 is 5.97 Å². The molecule has 3 rings (SSSR count). The second-order valence-corrected chi connectivity index (χ2v) is 11.5. The van der Waals surface area contributed by atoms with Gasteiger partial charge in [0.1, 0.15) is 22.8 Å². The number of fused-ring (bicyclic) bond motifs is 1. The minimum atomic E-state index is -3.54. The lowest BCUT2D eigenvalue weighted by Gasteiger charge is -2.40. The zero-order valence-corrected chi connectivity index (χ0v) is 22.7. The van der Waals surface area contributed by atoms with Crippen molar-refractivity contribution >= 4 is 16.1 Å². The van der Waals surface area contributed by atoms with Crippen molar-refractivity contribution < 1.29 is 33.0 Å². The average Bonchev–Trinajstić information content (AvgIpc) is 2.78. The highest BCUT2D eigenvalue weighted by molar-refractivity contribution is 7.85. The van der Waals surface area contributed by atoms with E-state index in [1.807, 2.05) is 39.0 Å². The molecule has 2 aromatic rings. The van der Waals surface area contributed by atoms with Gasteiger partial charge in [0.05, 0.1) is 19.0 Å². The molecule has 36 heavy (non-hydrogen) atoms. The van der Waals surface area contributed by atoms with Crippen LogP contribution in [0.15, 0.2) is 42.5 Å². The molecule has 2 aromatic carbocycles. The van der Waals surface area contributed by atoms with Gasteiger partial charge in [-0.25, -0.2) is 0 Å². The average molecular weight is 520 g/mol. The molecule has 0 aliphatic carbocycles. The van der Waals surface area contributed by atoms with E-state index in [0.717, 1.165) is 25.5 Å². The van der Waals surface area contributed by atoms with E-state index < -0.39 is 27.6 Å². The maximum Gasteiger partial charge on any atom is 0.308 e. The van der Waals surface area contributed by atoms with Crippen molar-refractivity contribution in [2.24, 2.45) is 5.89 Å². The number of carbonyl (C=O) groups excluding carboxylic acids is 1. The molecule has 0 spiro atoms. The molecular weight excluding hydrogens is 480 g/mol. The number of carbonyl (C=O) groups is 1. The van der Waals surface area contributed by atoms with Gasteiger partial charge in [0, 0.05) is 31.9 Å². The predicted octanol–water partition coefficient (Wildman–Crippen LogP) is 5.49. The van der Waals surface area contributed by atoms with Crippen molar-refractivity contribution in [3.8, 4) is 17.2 Å². The number of benzene rings is 2. The van der Waals surface area contributed by atoms with Crippen LogP contribution in [0.2, 0.25) is 0 Å². The molecule has 0 saturated carbocycles. The van der Waals surface area contributed by atoms with E-state index in [0.29, 0.717) is 35.7 Å². The number of rotatable bonds is 12. The van der Waals surface area contributed by atoms with E-state index in [1.165, 1.54) is 12.5 Å². The minimum Gasteiger partial charge on any atom is -0.490 e. The Kier molecular flexibility index (Phi) is 8.90. The van der Waals surface area contributed by atoms with Crippen LogP contribution < -0.4 is 14.2 Å². The van der Waals surface area contributed by atoms with Gasteiger partial charge in [0.2, 0.25) is 0 Å². The summed E-state index contributed by atoms with van der Waals surface area (Å²) in [5.41, 5.74) is 1.02. The van der Waals surface area contributed by atoms with E-state index >= 15 is 0 Å². The standard InChI is InChI=1S/C28H38O7S/c1-20(11-9-14-22-12-7-6-8-13-22)33-24-18-26(34-21(2)29)25-17-23(15-10-16-32-36(5,30)31)28(3,4)35-27(25)19-24/h6-8,12-13,18-20,23H,9-11,14-17H2,1-5H3/i23D. The lowest BCUT2D eigenvalue weighted by atomic mass is 9.79. The molecule has 1 aliphatic rings. The van der Waals surface area contributed by atoms with Crippen molar-refractivity contribution in [3.63, 3.8) is 0 Å². The van der Waals surface area contributed by atoms with Crippen LogP contribution in [0, 0.1) is 5.89 Å². The summed E-state index contributed by atoms with van der Waals surface area (Å²) in [5.74, 6) is -0.196. The molecule has 8 heteroatoms. The molecule has 1 heterocycles. The maximum absolute atomic E-state index is 11.9. The minimum absolute atomic E-state index is 0.00581. The van der Waals surface area contributed by atoms with Crippen LogP contribution in [0.5, 0.6) is 17.2 Å². The number of esters is 1. The Morgan fingerprint density at radius 3 is 2.61 bits per heavy atom. The Hall–Kier alpha value is -2.58. The Bertz CT molecular complexity index is 1180. The Morgan fingerprint density at radius 2 is 1.94 bits per heavy atom. The Morgan fingerprint density at radius 1 is 1.22 bits per heavy atom. The third-order valence-corrected chi connectivity index (χ3v) is 6.77. The van der Waals surface area contributed by atoms with Gasteiger partial charge in [-0.1, -0.05) is 30.3 Å². The maximum atomic E-state index is 11.9. The lowest BCUT2D eigenvalue weighted by Crippen LogP contribution is -2.42. The van der Waals surface area contributed by atoms with Crippen molar-refractivity contribution in [1.29, 1.82) is 0 Å². The van der Waals surface area contributed by atoms with Crippen LogP contribution >= 0.6 is 0 Å². The molecule has 2 atom stereocenters. The fourth-order valence-corrected chi connectivity index (χ4v) is 4.78. The Balaban J connectivity index is 1.74. The van der Waals surface area contributed by atoms with Crippen molar-refractivity contribution in [1.82, 2.24) is 0 Å². The largest absolute Gasteiger partial charge is 0.490 e. The van der Waals surface area contributed by atoms with E-state index in [9.17, 15) is 14.6 Å². The fraction of sp³-hybridized carbons (Fsp3) is 0.536. The SMILES string of the molecule is [2H]C1(CCCOS(C)(=O)=O)Cc2c(OC(C)=O)cc(OC(C)CCCc3ccccc3)cc2OC1(C)C. The summed E-state index contributed by atoms with van der Waals surface area (Å²) in [4.78, 5) is 11.9. The predicted molar refractivity (Wildman–Crippen MR) is 139 cm³/mol. The second-order valence-electron chi connectivity index (χ2n) is 9.82.